The molecule has 0 spiro atoms. The number of hydrogen-bond acceptors (Lipinski definition) is 4. The summed E-state index contributed by atoms with van der Waals surface area (Å²) >= 11 is 0. The summed E-state index contributed by atoms with van der Waals surface area (Å²) in [5, 5.41) is 0. The van der Waals surface area contributed by atoms with Crippen LogP contribution in [0.2, 0.25) is 0 Å². The molecule has 0 fully saturated rings. The molecule has 1 aromatic rings. The molecule has 22 heavy (non-hydrogen) atoms. The molecule has 8 heteroatoms. The second-order valence-electron chi connectivity index (χ2n) is 5.00. The minimum absolute atomic E-state index is 0.172. The Bertz CT molecular complexity index is 732. The molecule has 1 aromatic carbocycles. The van der Waals surface area contributed by atoms with Crippen LogP contribution >= 0.6 is 0 Å². The van der Waals surface area contributed by atoms with Crippen LogP contribution in [0.3, 0.4) is 0 Å². The van der Waals surface area contributed by atoms with Gasteiger partial charge in [0.05, 0.1) is 23.2 Å². The van der Waals surface area contributed by atoms with Crippen LogP contribution < -0.4 is 0 Å². The molecule has 0 radical (unpaired) electrons. The first-order chi connectivity index (χ1) is 10.1. The molecule has 4 nitrogen and oxygen atoms in total. The van der Waals surface area contributed by atoms with Gasteiger partial charge in [-0.15, -0.1) is 0 Å². The lowest BCUT2D eigenvalue weighted by Crippen LogP contribution is -2.06. The van der Waals surface area contributed by atoms with Crippen molar-refractivity contribution in [1.29, 1.82) is 0 Å². The average molecular weight is 333 g/mol. The fourth-order valence-electron chi connectivity index (χ4n) is 1.99. The van der Waals surface area contributed by atoms with E-state index in [4.69, 9.17) is 4.18 Å². The molecule has 1 heterocycles. The summed E-state index contributed by atoms with van der Waals surface area (Å²) in [6.07, 6.45) is -2.98. The van der Waals surface area contributed by atoms with Gasteiger partial charge in [0, 0.05) is 6.42 Å². The highest BCUT2D eigenvalue weighted by Gasteiger charge is 2.30. The minimum Gasteiger partial charge on any atom is -0.264 e. The molecule has 120 valence electrons. The molecule has 0 amide bonds. The molecule has 2 rings (SSSR count). The first-order valence-corrected chi connectivity index (χ1v) is 8.16. The highest BCUT2D eigenvalue weighted by molar-refractivity contribution is 7.86. The molecule has 1 aliphatic heterocycles. The molecule has 0 aromatic heterocycles. The van der Waals surface area contributed by atoms with Crippen molar-refractivity contribution >= 4 is 15.8 Å². The summed E-state index contributed by atoms with van der Waals surface area (Å²) < 4.78 is 64.2. The maximum absolute atomic E-state index is 12.5. The van der Waals surface area contributed by atoms with Crippen molar-refractivity contribution in [2.24, 2.45) is 4.99 Å². The molecule has 0 saturated heterocycles. The molecule has 0 saturated carbocycles. The van der Waals surface area contributed by atoms with Gasteiger partial charge in [-0.2, -0.15) is 21.6 Å². The van der Waals surface area contributed by atoms with Gasteiger partial charge in [0.2, 0.25) is 0 Å². The number of benzene rings is 1. The number of rotatable bonds is 4. The zero-order chi connectivity index (χ0) is 16.5. The lowest BCUT2D eigenvalue weighted by atomic mass is 10.0. The molecule has 0 aliphatic carbocycles. The van der Waals surface area contributed by atoms with Crippen molar-refractivity contribution in [2.45, 2.75) is 19.5 Å². The number of hydrogen-bond donors (Lipinski definition) is 0. The molecule has 0 N–H and O–H groups in total. The summed E-state index contributed by atoms with van der Waals surface area (Å²) in [4.78, 5) is 4.26. The second kappa shape index (κ2) is 5.85. The topological polar surface area (TPSA) is 55.7 Å². The zero-order valence-electron chi connectivity index (χ0n) is 11.9. The second-order valence-corrected chi connectivity index (χ2v) is 6.65. The average Bonchev–Trinajstić information content (AvgIpc) is 2.76. The standard InChI is InChI=1S/C14H14F3NO3S/c1-9-7-12(18-13(9)8-21-22(2,19)20)10-3-5-11(6-4-10)14(15,16)17/h3-6H,7-8H2,1-2H3. The highest BCUT2D eigenvalue weighted by Crippen LogP contribution is 2.30. The van der Waals surface area contributed by atoms with Crippen molar-refractivity contribution < 1.29 is 25.8 Å². The largest absolute Gasteiger partial charge is 0.416 e. The van der Waals surface area contributed by atoms with Crippen LogP contribution in [0.15, 0.2) is 40.5 Å². The van der Waals surface area contributed by atoms with Crippen molar-refractivity contribution in [3.05, 3.63) is 46.7 Å². The Morgan fingerprint density at radius 1 is 1.23 bits per heavy atom. The predicted molar refractivity (Wildman–Crippen MR) is 76.1 cm³/mol. The van der Waals surface area contributed by atoms with E-state index >= 15 is 0 Å². The minimum atomic E-state index is -4.38. The fraction of sp³-hybridized carbons (Fsp3) is 0.357. The Morgan fingerprint density at radius 3 is 2.32 bits per heavy atom. The third-order valence-electron chi connectivity index (χ3n) is 3.15. The molecular formula is C14H14F3NO3S. The smallest absolute Gasteiger partial charge is 0.264 e. The van der Waals surface area contributed by atoms with E-state index in [2.05, 4.69) is 4.99 Å². The van der Waals surface area contributed by atoms with Crippen molar-refractivity contribution in [3.8, 4) is 0 Å². The van der Waals surface area contributed by atoms with Crippen LogP contribution in [0.1, 0.15) is 24.5 Å². The first-order valence-electron chi connectivity index (χ1n) is 6.34. The predicted octanol–water partition coefficient (Wildman–Crippen LogP) is 3.15. The number of alkyl halides is 3. The quantitative estimate of drug-likeness (QED) is 0.796. The maximum atomic E-state index is 12.5. The number of allylic oxidation sites excluding steroid dienone is 1. The van der Waals surface area contributed by atoms with E-state index in [-0.39, 0.29) is 6.61 Å². The Labute approximate surface area is 126 Å². The lowest BCUT2D eigenvalue weighted by molar-refractivity contribution is -0.137. The van der Waals surface area contributed by atoms with Gasteiger partial charge >= 0.3 is 6.18 Å². The van der Waals surface area contributed by atoms with Gasteiger partial charge in [-0.3, -0.25) is 9.18 Å². The van der Waals surface area contributed by atoms with Crippen LogP contribution in [0.5, 0.6) is 0 Å². The van der Waals surface area contributed by atoms with Crippen molar-refractivity contribution in [1.82, 2.24) is 0 Å². The fourth-order valence-corrected chi connectivity index (χ4v) is 2.31. The first kappa shape index (κ1) is 16.7. The van der Waals surface area contributed by atoms with E-state index in [0.29, 0.717) is 23.4 Å². The number of halogens is 3. The summed E-state index contributed by atoms with van der Waals surface area (Å²) in [6.45, 7) is 1.61. The number of nitrogens with zero attached hydrogens (tertiary/aromatic N) is 1. The lowest BCUT2D eigenvalue weighted by Gasteiger charge is -2.07. The van der Waals surface area contributed by atoms with Gasteiger partial charge < -0.3 is 0 Å². The Hall–Kier alpha value is -1.67. The van der Waals surface area contributed by atoms with Crippen LogP contribution in [0, 0.1) is 0 Å². The van der Waals surface area contributed by atoms with E-state index in [9.17, 15) is 21.6 Å². The highest BCUT2D eigenvalue weighted by atomic mass is 32.2. The van der Waals surface area contributed by atoms with Gasteiger partial charge in [-0.25, -0.2) is 0 Å². The van der Waals surface area contributed by atoms with Crippen LogP contribution in [0.25, 0.3) is 0 Å². The SMILES string of the molecule is CC1=C(COS(C)(=O)=O)N=C(c2ccc(C(F)(F)F)cc2)C1. The Kier molecular flexibility index (Phi) is 4.44. The van der Waals surface area contributed by atoms with E-state index in [1.807, 2.05) is 0 Å². The summed E-state index contributed by atoms with van der Waals surface area (Å²) in [5.74, 6) is 0. The van der Waals surface area contributed by atoms with Crippen LogP contribution in [0.4, 0.5) is 13.2 Å². The Morgan fingerprint density at radius 2 is 1.82 bits per heavy atom. The normalized spacial score (nSPS) is 16.1. The third kappa shape index (κ3) is 4.17. The molecule has 0 bridgehead atoms. The van der Waals surface area contributed by atoms with Gasteiger partial charge in [-0.05, 0) is 30.2 Å². The maximum Gasteiger partial charge on any atom is 0.416 e. The van der Waals surface area contributed by atoms with Gasteiger partial charge in [0.1, 0.15) is 6.61 Å². The van der Waals surface area contributed by atoms with Crippen LogP contribution in [-0.2, 0) is 20.5 Å². The summed E-state index contributed by atoms with van der Waals surface area (Å²) in [6, 6.07) is 4.71. The van der Waals surface area contributed by atoms with Crippen LogP contribution in [-0.4, -0.2) is 27.0 Å². The molecule has 0 atom stereocenters. The van der Waals surface area contributed by atoms with E-state index < -0.39 is 21.9 Å². The van der Waals surface area contributed by atoms with Crippen molar-refractivity contribution in [3.63, 3.8) is 0 Å². The van der Waals surface area contributed by atoms with Gasteiger partial charge in [-0.1, -0.05) is 12.1 Å². The van der Waals surface area contributed by atoms with E-state index in [1.165, 1.54) is 12.1 Å². The zero-order valence-corrected chi connectivity index (χ0v) is 12.8. The molecular weight excluding hydrogens is 319 g/mol. The van der Waals surface area contributed by atoms with E-state index in [1.54, 1.807) is 6.92 Å². The monoisotopic (exact) mass is 333 g/mol. The van der Waals surface area contributed by atoms with E-state index in [0.717, 1.165) is 24.0 Å². The summed E-state index contributed by atoms with van der Waals surface area (Å²) in [7, 11) is -3.57. The molecule has 0 unspecified atom stereocenters. The van der Waals surface area contributed by atoms with Crippen molar-refractivity contribution in [2.75, 3.05) is 12.9 Å². The number of aliphatic imine (C=N–C) groups is 1. The van der Waals surface area contributed by atoms with Gasteiger partial charge in [0.15, 0.2) is 0 Å². The Balaban J connectivity index is 2.15. The van der Waals surface area contributed by atoms with Gasteiger partial charge in [0.25, 0.3) is 10.1 Å². The third-order valence-corrected chi connectivity index (χ3v) is 3.70. The molecule has 1 aliphatic rings. The summed E-state index contributed by atoms with van der Waals surface area (Å²) in [5.41, 5.74) is 1.76.